The number of hydrogen-bond acceptors (Lipinski definition) is 5. The number of benzene rings is 2. The predicted molar refractivity (Wildman–Crippen MR) is 122 cm³/mol. The molecule has 6 rings (SSSR count). The molecule has 1 saturated heterocycles. The second-order valence-electron chi connectivity index (χ2n) is 8.54. The maximum Gasteiger partial charge on any atom is 0.162 e. The van der Waals surface area contributed by atoms with Crippen LogP contribution < -0.4 is 4.90 Å². The summed E-state index contributed by atoms with van der Waals surface area (Å²) in [6, 6.07) is 18.8. The lowest BCUT2D eigenvalue weighted by atomic mass is 10.00. The van der Waals surface area contributed by atoms with Crippen LogP contribution in [0.3, 0.4) is 0 Å². The third kappa shape index (κ3) is 3.26. The van der Waals surface area contributed by atoms with Gasteiger partial charge in [-0.15, -0.1) is 10.2 Å². The Bertz CT molecular complexity index is 1220. The van der Waals surface area contributed by atoms with Crippen molar-refractivity contribution in [1.82, 2.24) is 24.7 Å². The first-order chi connectivity index (χ1) is 15.4. The van der Waals surface area contributed by atoms with Crippen LogP contribution in [-0.2, 0) is 13.0 Å². The minimum atomic E-state index is 0.204. The third-order valence-electron chi connectivity index (χ3n) is 6.58. The quantitative estimate of drug-likeness (QED) is 0.478. The Balaban J connectivity index is 1.50. The summed E-state index contributed by atoms with van der Waals surface area (Å²) in [6.07, 6.45) is 6.91. The van der Waals surface area contributed by atoms with Gasteiger partial charge < -0.3 is 9.47 Å². The van der Waals surface area contributed by atoms with E-state index < -0.39 is 0 Å². The molecule has 0 bridgehead atoms. The maximum atomic E-state index is 5.12. The van der Waals surface area contributed by atoms with Gasteiger partial charge in [0.15, 0.2) is 11.6 Å². The van der Waals surface area contributed by atoms with Gasteiger partial charge in [0, 0.05) is 30.5 Å². The number of anilines is 1. The van der Waals surface area contributed by atoms with E-state index in [-0.39, 0.29) is 6.04 Å². The van der Waals surface area contributed by atoms with Crippen LogP contribution >= 0.6 is 0 Å². The minimum Gasteiger partial charge on any atom is -0.346 e. The van der Waals surface area contributed by atoms with Crippen molar-refractivity contribution in [2.75, 3.05) is 11.4 Å². The highest BCUT2D eigenvalue weighted by Gasteiger charge is 2.32. The van der Waals surface area contributed by atoms with E-state index in [1.807, 2.05) is 18.2 Å². The van der Waals surface area contributed by atoms with Crippen molar-refractivity contribution in [1.29, 1.82) is 0 Å². The number of fused-ring (bicyclic) bond motifs is 2. The molecule has 1 atom stereocenters. The largest absolute Gasteiger partial charge is 0.346 e. The molecule has 0 spiro atoms. The van der Waals surface area contributed by atoms with Crippen LogP contribution in [0, 0.1) is 0 Å². The summed E-state index contributed by atoms with van der Waals surface area (Å²) >= 11 is 0. The maximum absolute atomic E-state index is 5.12. The third-order valence-corrected chi connectivity index (χ3v) is 6.58. The summed E-state index contributed by atoms with van der Waals surface area (Å²) in [5.74, 6) is 4.05. The summed E-state index contributed by atoms with van der Waals surface area (Å²) in [4.78, 5) is 12.5. The van der Waals surface area contributed by atoms with Crippen molar-refractivity contribution in [2.45, 2.75) is 51.1 Å². The second-order valence-corrected chi connectivity index (χ2v) is 8.54. The monoisotopic (exact) mass is 410 g/mol. The number of aromatic nitrogens is 5. The summed E-state index contributed by atoms with van der Waals surface area (Å²) in [7, 11) is 0. The number of piperidine rings is 1. The van der Waals surface area contributed by atoms with Crippen LogP contribution in [0.15, 0.2) is 54.6 Å². The topological polar surface area (TPSA) is 59.7 Å². The zero-order chi connectivity index (χ0) is 20.6. The lowest BCUT2D eigenvalue weighted by Crippen LogP contribution is -2.36. The number of aryl methyl sites for hydroxylation is 1. The molecule has 1 fully saturated rings. The Hall–Kier alpha value is -3.28. The molecule has 2 aromatic carbocycles. The predicted octanol–water partition coefficient (Wildman–Crippen LogP) is 4.96. The number of para-hydroxylation sites is 1. The van der Waals surface area contributed by atoms with Gasteiger partial charge in [-0.2, -0.15) is 0 Å². The highest BCUT2D eigenvalue weighted by molar-refractivity contribution is 5.91. The molecular weight excluding hydrogens is 384 g/mol. The lowest BCUT2D eigenvalue weighted by molar-refractivity contribution is 0.421. The Morgan fingerprint density at radius 3 is 2.55 bits per heavy atom. The first kappa shape index (κ1) is 18.5. The van der Waals surface area contributed by atoms with Crippen molar-refractivity contribution in [3.63, 3.8) is 0 Å². The average Bonchev–Trinajstić information content (AvgIpc) is 3.28. The fraction of sp³-hybridized carbons (Fsp3) is 0.360. The average molecular weight is 411 g/mol. The van der Waals surface area contributed by atoms with Gasteiger partial charge in [-0.1, -0.05) is 42.5 Å². The molecule has 6 heteroatoms. The molecule has 2 aromatic heterocycles. The molecule has 31 heavy (non-hydrogen) atoms. The van der Waals surface area contributed by atoms with Crippen LogP contribution in [0.4, 0.5) is 5.82 Å². The molecule has 1 unspecified atom stereocenters. The molecule has 156 valence electrons. The van der Waals surface area contributed by atoms with Gasteiger partial charge in [-0.3, -0.25) is 0 Å². The Kier molecular flexibility index (Phi) is 4.63. The molecule has 6 nitrogen and oxygen atoms in total. The lowest BCUT2D eigenvalue weighted by Gasteiger charge is -2.37. The zero-order valence-electron chi connectivity index (χ0n) is 17.6. The zero-order valence-corrected chi connectivity index (χ0v) is 17.6. The highest BCUT2D eigenvalue weighted by atomic mass is 15.3. The van der Waals surface area contributed by atoms with E-state index in [1.165, 1.54) is 19.3 Å². The van der Waals surface area contributed by atoms with Crippen molar-refractivity contribution in [2.24, 2.45) is 0 Å². The summed E-state index contributed by atoms with van der Waals surface area (Å²) < 4.78 is 2.37. The molecule has 0 N–H and O–H groups in total. The van der Waals surface area contributed by atoms with Crippen molar-refractivity contribution in [3.05, 3.63) is 66.2 Å². The number of hydrogen-bond donors (Lipinski definition) is 0. The molecule has 4 heterocycles. The van der Waals surface area contributed by atoms with Gasteiger partial charge >= 0.3 is 0 Å². The van der Waals surface area contributed by atoms with Crippen LogP contribution in [0.1, 0.15) is 49.8 Å². The molecule has 2 aliphatic heterocycles. The molecule has 2 aliphatic rings. The van der Waals surface area contributed by atoms with Gasteiger partial charge in [0.05, 0.1) is 11.6 Å². The van der Waals surface area contributed by atoms with Gasteiger partial charge in [0.2, 0.25) is 0 Å². The Morgan fingerprint density at radius 2 is 1.61 bits per heavy atom. The van der Waals surface area contributed by atoms with E-state index in [4.69, 9.17) is 9.97 Å². The molecule has 4 aromatic rings. The van der Waals surface area contributed by atoms with E-state index in [1.54, 1.807) is 0 Å². The number of nitrogens with zero attached hydrogens (tertiary/aromatic N) is 6. The minimum absolute atomic E-state index is 0.204. The summed E-state index contributed by atoms with van der Waals surface area (Å²) in [5, 5.41) is 10.3. The first-order valence-electron chi connectivity index (χ1n) is 11.4. The van der Waals surface area contributed by atoms with Crippen LogP contribution in [-0.4, -0.2) is 31.3 Å². The smallest absolute Gasteiger partial charge is 0.162 e. The van der Waals surface area contributed by atoms with E-state index in [9.17, 15) is 0 Å². The van der Waals surface area contributed by atoms with Gasteiger partial charge in [-0.05, 0) is 44.2 Å². The van der Waals surface area contributed by atoms with Gasteiger partial charge in [0.25, 0.3) is 0 Å². The van der Waals surface area contributed by atoms with Crippen molar-refractivity contribution in [3.8, 4) is 11.4 Å². The fourth-order valence-electron chi connectivity index (χ4n) is 5.03. The van der Waals surface area contributed by atoms with Crippen molar-refractivity contribution < 1.29 is 0 Å². The number of rotatable bonds is 3. The van der Waals surface area contributed by atoms with Crippen molar-refractivity contribution >= 4 is 16.7 Å². The summed E-state index contributed by atoms with van der Waals surface area (Å²) in [6.45, 7) is 2.00. The van der Waals surface area contributed by atoms with Gasteiger partial charge in [-0.25, -0.2) is 9.97 Å². The molecular formula is C25H26N6. The normalized spacial score (nSPS) is 18.8. The van der Waals surface area contributed by atoms with Crippen LogP contribution in [0.2, 0.25) is 0 Å². The fourth-order valence-corrected chi connectivity index (χ4v) is 5.03. The SMILES string of the molecule is c1ccc(-c2nc(N3CCCCC3c3nnc4n3CCCC4)c3ccccc3n2)cc1. The van der Waals surface area contributed by atoms with E-state index in [0.29, 0.717) is 0 Å². The van der Waals surface area contributed by atoms with Crippen LogP contribution in [0.25, 0.3) is 22.3 Å². The van der Waals surface area contributed by atoms with E-state index in [0.717, 1.165) is 72.1 Å². The van der Waals surface area contributed by atoms with Crippen LogP contribution in [0.5, 0.6) is 0 Å². The van der Waals surface area contributed by atoms with E-state index >= 15 is 0 Å². The van der Waals surface area contributed by atoms with E-state index in [2.05, 4.69) is 56.1 Å². The molecule has 0 saturated carbocycles. The Labute approximate surface area is 182 Å². The molecule has 0 aliphatic carbocycles. The van der Waals surface area contributed by atoms with Gasteiger partial charge in [0.1, 0.15) is 11.6 Å². The molecule has 0 amide bonds. The first-order valence-corrected chi connectivity index (χ1v) is 11.4. The molecule has 0 radical (unpaired) electrons. The highest BCUT2D eigenvalue weighted by Crippen LogP contribution is 2.38. The standard InChI is InChI=1S/C25H26N6/c1-2-10-18(11-3-1)23-26-20-13-5-4-12-19(20)24(27-23)30-16-8-6-14-21(30)25-29-28-22-15-7-9-17-31(22)25/h1-5,10-13,21H,6-9,14-17H2. The second kappa shape index (κ2) is 7.76. The Morgan fingerprint density at radius 1 is 0.774 bits per heavy atom. The summed E-state index contributed by atoms with van der Waals surface area (Å²) in [5.41, 5.74) is 2.03.